The summed E-state index contributed by atoms with van der Waals surface area (Å²) >= 11 is 0. The van der Waals surface area contributed by atoms with Gasteiger partial charge in [-0.1, -0.05) is 13.0 Å². The van der Waals surface area contributed by atoms with E-state index in [1.807, 2.05) is 26.0 Å². The average Bonchev–Trinajstić information content (AvgIpc) is 2.27. The summed E-state index contributed by atoms with van der Waals surface area (Å²) in [5.41, 5.74) is 6.87. The molecular formula is C12H19N3O. The Hall–Kier alpha value is -1.42. The van der Waals surface area contributed by atoms with Crippen LogP contribution in [0.15, 0.2) is 18.2 Å². The van der Waals surface area contributed by atoms with Crippen LogP contribution in [0.4, 0.5) is 0 Å². The molecule has 1 unspecified atom stereocenters. The summed E-state index contributed by atoms with van der Waals surface area (Å²) in [4.78, 5) is 17.8. The van der Waals surface area contributed by atoms with Gasteiger partial charge >= 0.3 is 0 Å². The monoisotopic (exact) mass is 221 g/mol. The molecule has 1 aromatic rings. The van der Waals surface area contributed by atoms with E-state index in [0.717, 1.165) is 5.69 Å². The number of nitrogens with two attached hydrogens (primary N) is 1. The molecule has 0 aromatic carbocycles. The third-order valence-electron chi connectivity index (χ3n) is 2.44. The number of nitrogens with zero attached hydrogens (tertiary/aromatic N) is 2. The van der Waals surface area contributed by atoms with Crippen LogP contribution in [0.2, 0.25) is 0 Å². The molecule has 0 bridgehead atoms. The maximum absolute atomic E-state index is 12.0. The number of carbonyl (C=O) groups is 1. The van der Waals surface area contributed by atoms with Gasteiger partial charge in [-0.15, -0.1) is 0 Å². The molecule has 2 N–H and O–H groups in total. The first kappa shape index (κ1) is 12.6. The fraction of sp³-hybridized carbons (Fsp3) is 0.500. The summed E-state index contributed by atoms with van der Waals surface area (Å²) < 4.78 is 0. The second-order valence-corrected chi connectivity index (χ2v) is 4.19. The molecule has 1 rings (SSSR count). The van der Waals surface area contributed by atoms with E-state index in [0.29, 0.717) is 24.7 Å². The molecule has 4 heteroatoms. The lowest BCUT2D eigenvalue weighted by atomic mass is 10.1. The molecule has 0 aliphatic rings. The minimum absolute atomic E-state index is 0.0519. The van der Waals surface area contributed by atoms with Crippen molar-refractivity contribution in [3.63, 3.8) is 0 Å². The van der Waals surface area contributed by atoms with E-state index < -0.39 is 0 Å². The Labute approximate surface area is 96.5 Å². The summed E-state index contributed by atoms with van der Waals surface area (Å²) in [5.74, 6) is 0.253. The molecule has 0 saturated heterocycles. The Morgan fingerprint density at radius 2 is 2.25 bits per heavy atom. The van der Waals surface area contributed by atoms with E-state index in [-0.39, 0.29) is 5.91 Å². The van der Waals surface area contributed by atoms with Gasteiger partial charge in [0.05, 0.1) is 0 Å². The average molecular weight is 221 g/mol. The first-order chi connectivity index (χ1) is 7.54. The molecule has 1 heterocycles. The number of rotatable bonds is 4. The summed E-state index contributed by atoms with van der Waals surface area (Å²) in [6.45, 7) is 5.14. The number of pyridine rings is 1. The highest BCUT2D eigenvalue weighted by molar-refractivity contribution is 5.92. The number of aromatic nitrogens is 1. The standard InChI is InChI=1S/C12H19N3O/c1-9(7-13)8-15(3)12(16)11-6-4-5-10(2)14-11/h4-6,9H,7-8,13H2,1-3H3. The minimum atomic E-state index is -0.0519. The van der Waals surface area contributed by atoms with E-state index in [1.165, 1.54) is 0 Å². The molecule has 1 atom stereocenters. The zero-order valence-electron chi connectivity index (χ0n) is 10.1. The number of aryl methyl sites for hydroxylation is 1. The van der Waals surface area contributed by atoms with Crippen LogP contribution in [0.25, 0.3) is 0 Å². The normalized spacial score (nSPS) is 12.2. The zero-order chi connectivity index (χ0) is 12.1. The zero-order valence-corrected chi connectivity index (χ0v) is 10.1. The summed E-state index contributed by atoms with van der Waals surface area (Å²) in [6, 6.07) is 5.45. The molecule has 0 spiro atoms. The van der Waals surface area contributed by atoms with E-state index in [9.17, 15) is 4.79 Å². The maximum atomic E-state index is 12.0. The van der Waals surface area contributed by atoms with Gasteiger partial charge < -0.3 is 10.6 Å². The van der Waals surface area contributed by atoms with Crippen LogP contribution in [-0.4, -0.2) is 35.9 Å². The van der Waals surface area contributed by atoms with Crippen LogP contribution >= 0.6 is 0 Å². The van der Waals surface area contributed by atoms with Gasteiger partial charge in [-0.2, -0.15) is 0 Å². The molecule has 16 heavy (non-hydrogen) atoms. The SMILES string of the molecule is Cc1cccc(C(=O)N(C)CC(C)CN)n1. The van der Waals surface area contributed by atoms with Gasteiger partial charge in [0, 0.05) is 19.3 Å². The van der Waals surface area contributed by atoms with Gasteiger partial charge in [-0.25, -0.2) is 4.98 Å². The molecule has 0 saturated carbocycles. The first-order valence-corrected chi connectivity index (χ1v) is 5.43. The van der Waals surface area contributed by atoms with Crippen LogP contribution in [0.3, 0.4) is 0 Å². The van der Waals surface area contributed by atoms with Crippen molar-refractivity contribution in [1.82, 2.24) is 9.88 Å². The molecule has 1 aromatic heterocycles. The van der Waals surface area contributed by atoms with Gasteiger partial charge in [-0.05, 0) is 31.5 Å². The summed E-state index contributed by atoms with van der Waals surface area (Å²) in [6.07, 6.45) is 0. The predicted molar refractivity (Wildman–Crippen MR) is 64.2 cm³/mol. The van der Waals surface area contributed by atoms with Crippen LogP contribution < -0.4 is 5.73 Å². The molecular weight excluding hydrogens is 202 g/mol. The highest BCUT2D eigenvalue weighted by Crippen LogP contribution is 2.04. The highest BCUT2D eigenvalue weighted by atomic mass is 16.2. The van der Waals surface area contributed by atoms with Crippen molar-refractivity contribution in [2.75, 3.05) is 20.1 Å². The molecule has 0 aliphatic carbocycles. The molecule has 0 aliphatic heterocycles. The third kappa shape index (κ3) is 3.31. The van der Waals surface area contributed by atoms with Crippen molar-refractivity contribution in [3.8, 4) is 0 Å². The van der Waals surface area contributed by atoms with Crippen molar-refractivity contribution in [2.24, 2.45) is 11.7 Å². The molecule has 0 radical (unpaired) electrons. The van der Waals surface area contributed by atoms with Gasteiger partial charge in [0.2, 0.25) is 0 Å². The first-order valence-electron chi connectivity index (χ1n) is 5.43. The van der Waals surface area contributed by atoms with Crippen molar-refractivity contribution in [2.45, 2.75) is 13.8 Å². The van der Waals surface area contributed by atoms with Crippen molar-refractivity contribution in [3.05, 3.63) is 29.6 Å². The van der Waals surface area contributed by atoms with Crippen LogP contribution in [0.5, 0.6) is 0 Å². The Kier molecular flexibility index (Phi) is 4.43. The van der Waals surface area contributed by atoms with E-state index in [2.05, 4.69) is 4.98 Å². The van der Waals surface area contributed by atoms with Crippen LogP contribution in [0.1, 0.15) is 23.1 Å². The minimum Gasteiger partial charge on any atom is -0.340 e. The van der Waals surface area contributed by atoms with Crippen molar-refractivity contribution in [1.29, 1.82) is 0 Å². The second kappa shape index (κ2) is 5.61. The van der Waals surface area contributed by atoms with Crippen molar-refractivity contribution < 1.29 is 4.79 Å². The fourth-order valence-electron chi connectivity index (χ4n) is 1.48. The number of amides is 1. The predicted octanol–water partition coefficient (Wildman–Crippen LogP) is 1.06. The number of hydrogen-bond acceptors (Lipinski definition) is 3. The molecule has 88 valence electrons. The summed E-state index contributed by atoms with van der Waals surface area (Å²) in [5, 5.41) is 0. The van der Waals surface area contributed by atoms with Crippen molar-refractivity contribution >= 4 is 5.91 Å². The molecule has 0 fully saturated rings. The lowest BCUT2D eigenvalue weighted by molar-refractivity contribution is 0.0771. The third-order valence-corrected chi connectivity index (χ3v) is 2.44. The van der Waals surface area contributed by atoms with E-state index >= 15 is 0 Å². The Balaban J connectivity index is 2.70. The summed E-state index contributed by atoms with van der Waals surface area (Å²) in [7, 11) is 1.78. The lowest BCUT2D eigenvalue weighted by Gasteiger charge is -2.20. The Morgan fingerprint density at radius 1 is 1.56 bits per heavy atom. The van der Waals surface area contributed by atoms with Gasteiger partial charge in [0.25, 0.3) is 5.91 Å². The number of carbonyl (C=O) groups excluding carboxylic acids is 1. The highest BCUT2D eigenvalue weighted by Gasteiger charge is 2.14. The van der Waals surface area contributed by atoms with Gasteiger partial charge in [0.15, 0.2) is 0 Å². The van der Waals surface area contributed by atoms with Gasteiger partial charge in [-0.3, -0.25) is 4.79 Å². The topological polar surface area (TPSA) is 59.2 Å². The molecule has 1 amide bonds. The largest absolute Gasteiger partial charge is 0.340 e. The van der Waals surface area contributed by atoms with E-state index in [1.54, 1.807) is 18.0 Å². The quantitative estimate of drug-likeness (QED) is 0.827. The molecule has 4 nitrogen and oxygen atoms in total. The Bertz CT molecular complexity index is 365. The lowest BCUT2D eigenvalue weighted by Crippen LogP contribution is -2.34. The van der Waals surface area contributed by atoms with E-state index in [4.69, 9.17) is 5.73 Å². The smallest absolute Gasteiger partial charge is 0.272 e. The number of hydrogen-bond donors (Lipinski definition) is 1. The maximum Gasteiger partial charge on any atom is 0.272 e. The van der Waals surface area contributed by atoms with Gasteiger partial charge in [0.1, 0.15) is 5.69 Å². The fourth-order valence-corrected chi connectivity index (χ4v) is 1.48. The second-order valence-electron chi connectivity index (χ2n) is 4.19. The van der Waals surface area contributed by atoms with Crippen LogP contribution in [-0.2, 0) is 0 Å². The van der Waals surface area contributed by atoms with Crippen LogP contribution in [0, 0.1) is 12.8 Å². The Morgan fingerprint density at radius 3 is 2.81 bits per heavy atom.